The van der Waals surface area contributed by atoms with Gasteiger partial charge in [0.05, 0.1) is 12.1 Å². The van der Waals surface area contributed by atoms with Gasteiger partial charge in [-0.2, -0.15) is 0 Å². The number of benzene rings is 1. The number of carbonyl (C=O) groups is 1. The highest BCUT2D eigenvalue weighted by Crippen LogP contribution is 2.16. The molecule has 1 aliphatic heterocycles. The Bertz CT molecular complexity index is 414. The molecule has 1 aromatic rings. The Labute approximate surface area is 108 Å². The van der Waals surface area contributed by atoms with Crippen molar-refractivity contribution in [1.29, 1.82) is 0 Å². The Balaban J connectivity index is 1.86. The highest BCUT2D eigenvalue weighted by molar-refractivity contribution is 5.90. The molecule has 1 saturated heterocycles. The molecule has 1 heterocycles. The van der Waals surface area contributed by atoms with Gasteiger partial charge in [-0.25, -0.2) is 4.79 Å². The first-order chi connectivity index (χ1) is 8.66. The molecule has 18 heavy (non-hydrogen) atoms. The van der Waals surface area contributed by atoms with E-state index in [0.717, 1.165) is 30.7 Å². The van der Waals surface area contributed by atoms with Crippen molar-refractivity contribution < 1.29 is 9.53 Å². The van der Waals surface area contributed by atoms with Crippen molar-refractivity contribution in [3.63, 3.8) is 0 Å². The van der Waals surface area contributed by atoms with Gasteiger partial charge >= 0.3 is 6.03 Å². The highest BCUT2D eigenvalue weighted by atomic mass is 16.5. The summed E-state index contributed by atoms with van der Waals surface area (Å²) in [4.78, 5) is 11.9. The summed E-state index contributed by atoms with van der Waals surface area (Å²) in [5.74, 6) is 0. The van der Waals surface area contributed by atoms with E-state index >= 15 is 0 Å². The number of aryl methyl sites for hydroxylation is 1. The lowest BCUT2D eigenvalue weighted by atomic mass is 10.1. The molecule has 2 amide bonds. The van der Waals surface area contributed by atoms with Crippen LogP contribution < -0.4 is 10.6 Å². The topological polar surface area (TPSA) is 50.4 Å². The molecule has 0 bridgehead atoms. The second kappa shape index (κ2) is 5.87. The average Bonchev–Trinajstić information content (AvgIpc) is 2.85. The number of rotatable bonds is 3. The quantitative estimate of drug-likeness (QED) is 0.864. The van der Waals surface area contributed by atoms with Gasteiger partial charge in [-0.1, -0.05) is 18.2 Å². The Hall–Kier alpha value is -1.55. The van der Waals surface area contributed by atoms with Gasteiger partial charge in [0, 0.05) is 12.3 Å². The van der Waals surface area contributed by atoms with Crippen LogP contribution in [0.5, 0.6) is 0 Å². The van der Waals surface area contributed by atoms with Gasteiger partial charge < -0.3 is 15.4 Å². The van der Waals surface area contributed by atoms with Crippen LogP contribution in [-0.2, 0) is 4.74 Å². The standard InChI is InChI=1S/C14H20N2O2/c1-10-6-3-4-7-12(10)16-14(17)15-11(2)13-8-5-9-18-13/h3-4,6-7,11,13H,5,8-9H2,1-2H3,(H2,15,16,17)/t11-,13+/m1/s1. The largest absolute Gasteiger partial charge is 0.376 e. The number of hydrogen-bond donors (Lipinski definition) is 2. The Morgan fingerprint density at radius 1 is 1.44 bits per heavy atom. The second-order valence-corrected chi connectivity index (χ2v) is 4.75. The predicted molar refractivity (Wildman–Crippen MR) is 71.8 cm³/mol. The van der Waals surface area contributed by atoms with Gasteiger partial charge in [0.25, 0.3) is 0 Å². The van der Waals surface area contributed by atoms with Crippen molar-refractivity contribution in [3.8, 4) is 0 Å². The van der Waals surface area contributed by atoms with Gasteiger partial charge in [-0.3, -0.25) is 0 Å². The summed E-state index contributed by atoms with van der Waals surface area (Å²) in [6, 6.07) is 7.59. The molecule has 2 atom stereocenters. The van der Waals surface area contributed by atoms with E-state index < -0.39 is 0 Å². The Kier molecular flexibility index (Phi) is 4.20. The normalized spacial score (nSPS) is 20.4. The van der Waals surface area contributed by atoms with Crippen molar-refractivity contribution in [2.45, 2.75) is 38.8 Å². The van der Waals surface area contributed by atoms with Crippen LogP contribution in [-0.4, -0.2) is 24.8 Å². The fourth-order valence-electron chi connectivity index (χ4n) is 2.17. The molecule has 0 unspecified atom stereocenters. The van der Waals surface area contributed by atoms with Gasteiger partial charge in [0.1, 0.15) is 0 Å². The molecule has 0 aliphatic carbocycles. The smallest absolute Gasteiger partial charge is 0.319 e. The predicted octanol–water partition coefficient (Wildman–Crippen LogP) is 2.68. The van der Waals surface area contributed by atoms with Crippen LogP contribution in [0.4, 0.5) is 10.5 Å². The molecule has 4 nitrogen and oxygen atoms in total. The minimum Gasteiger partial charge on any atom is -0.376 e. The minimum absolute atomic E-state index is 0.0384. The maximum atomic E-state index is 11.9. The molecule has 0 aromatic heterocycles. The van der Waals surface area contributed by atoms with Crippen LogP contribution in [0.2, 0.25) is 0 Å². The fraction of sp³-hybridized carbons (Fsp3) is 0.500. The van der Waals surface area contributed by atoms with E-state index in [1.54, 1.807) is 0 Å². The summed E-state index contributed by atoms with van der Waals surface area (Å²) in [6.07, 6.45) is 2.25. The summed E-state index contributed by atoms with van der Waals surface area (Å²) < 4.78 is 5.55. The molecule has 1 aromatic carbocycles. The first kappa shape index (κ1) is 12.9. The maximum absolute atomic E-state index is 11.9. The minimum atomic E-state index is -0.174. The molecule has 0 saturated carbocycles. The van der Waals surface area contributed by atoms with Crippen LogP contribution in [0.1, 0.15) is 25.3 Å². The van der Waals surface area contributed by atoms with Crippen molar-refractivity contribution in [3.05, 3.63) is 29.8 Å². The third-order valence-electron chi connectivity index (χ3n) is 3.27. The number of para-hydroxylation sites is 1. The molecule has 0 radical (unpaired) electrons. The zero-order valence-electron chi connectivity index (χ0n) is 10.9. The second-order valence-electron chi connectivity index (χ2n) is 4.75. The van der Waals surface area contributed by atoms with Gasteiger partial charge in [0.15, 0.2) is 0 Å². The summed E-state index contributed by atoms with van der Waals surface area (Å²) in [5, 5.41) is 5.78. The third kappa shape index (κ3) is 3.23. The van der Waals surface area contributed by atoms with E-state index in [2.05, 4.69) is 10.6 Å². The van der Waals surface area contributed by atoms with Crippen LogP contribution in [0.15, 0.2) is 24.3 Å². The summed E-state index contributed by atoms with van der Waals surface area (Å²) in [7, 11) is 0. The van der Waals surface area contributed by atoms with Crippen LogP contribution in [0.25, 0.3) is 0 Å². The van der Waals surface area contributed by atoms with E-state index in [9.17, 15) is 4.79 Å². The van der Waals surface area contributed by atoms with Crippen molar-refractivity contribution >= 4 is 11.7 Å². The third-order valence-corrected chi connectivity index (χ3v) is 3.27. The summed E-state index contributed by atoms with van der Waals surface area (Å²) >= 11 is 0. The molecular weight excluding hydrogens is 228 g/mol. The van der Waals surface area contributed by atoms with Crippen molar-refractivity contribution in [2.24, 2.45) is 0 Å². The SMILES string of the molecule is Cc1ccccc1NC(=O)N[C@H](C)[C@@H]1CCCO1. The number of carbonyl (C=O) groups excluding carboxylic acids is 1. The average molecular weight is 248 g/mol. The number of urea groups is 1. The van der Waals surface area contributed by atoms with E-state index in [0.29, 0.717) is 0 Å². The Morgan fingerprint density at radius 3 is 2.89 bits per heavy atom. The van der Waals surface area contributed by atoms with E-state index in [1.807, 2.05) is 38.1 Å². The molecule has 98 valence electrons. The van der Waals surface area contributed by atoms with Crippen LogP contribution in [0.3, 0.4) is 0 Å². The first-order valence-electron chi connectivity index (χ1n) is 6.41. The van der Waals surface area contributed by atoms with Crippen molar-refractivity contribution in [2.75, 3.05) is 11.9 Å². The molecule has 1 fully saturated rings. The summed E-state index contributed by atoms with van der Waals surface area (Å²) in [5.41, 5.74) is 1.90. The van der Waals surface area contributed by atoms with Gasteiger partial charge in [0.2, 0.25) is 0 Å². The fourth-order valence-corrected chi connectivity index (χ4v) is 2.17. The molecule has 1 aliphatic rings. The monoisotopic (exact) mass is 248 g/mol. The van der Waals surface area contributed by atoms with Crippen LogP contribution in [0, 0.1) is 6.92 Å². The van der Waals surface area contributed by atoms with E-state index in [1.165, 1.54) is 0 Å². The molecular formula is C14H20N2O2. The number of ether oxygens (including phenoxy) is 1. The van der Waals surface area contributed by atoms with E-state index in [-0.39, 0.29) is 18.2 Å². The number of amides is 2. The number of anilines is 1. The van der Waals surface area contributed by atoms with Gasteiger partial charge in [-0.05, 0) is 38.3 Å². The van der Waals surface area contributed by atoms with Crippen molar-refractivity contribution in [1.82, 2.24) is 5.32 Å². The lowest BCUT2D eigenvalue weighted by Crippen LogP contribution is -2.43. The lowest BCUT2D eigenvalue weighted by molar-refractivity contribution is 0.0868. The maximum Gasteiger partial charge on any atom is 0.319 e. The number of hydrogen-bond acceptors (Lipinski definition) is 2. The zero-order valence-corrected chi connectivity index (χ0v) is 10.9. The van der Waals surface area contributed by atoms with E-state index in [4.69, 9.17) is 4.74 Å². The summed E-state index contributed by atoms with van der Waals surface area (Å²) in [6.45, 7) is 4.75. The highest BCUT2D eigenvalue weighted by Gasteiger charge is 2.23. The lowest BCUT2D eigenvalue weighted by Gasteiger charge is -2.20. The molecule has 2 N–H and O–H groups in total. The van der Waals surface area contributed by atoms with Crippen LogP contribution >= 0.6 is 0 Å². The molecule has 2 rings (SSSR count). The number of nitrogens with one attached hydrogen (secondary N) is 2. The first-order valence-corrected chi connectivity index (χ1v) is 6.41. The zero-order chi connectivity index (χ0) is 13.0. The molecule has 4 heteroatoms. The van der Waals surface area contributed by atoms with Gasteiger partial charge in [-0.15, -0.1) is 0 Å². The Morgan fingerprint density at radius 2 is 2.22 bits per heavy atom. The molecule has 0 spiro atoms.